The molecule has 2 heterocycles. The topological polar surface area (TPSA) is 49.4 Å². The summed E-state index contributed by atoms with van der Waals surface area (Å²) < 4.78 is 0. The van der Waals surface area contributed by atoms with Gasteiger partial charge in [0.15, 0.2) is 0 Å². The van der Waals surface area contributed by atoms with Gasteiger partial charge in [0.1, 0.15) is 5.54 Å². The average Bonchev–Trinajstić information content (AvgIpc) is 2.91. The van der Waals surface area contributed by atoms with Gasteiger partial charge in [-0.2, -0.15) is 0 Å². The van der Waals surface area contributed by atoms with E-state index < -0.39 is 5.54 Å². The van der Waals surface area contributed by atoms with Gasteiger partial charge in [0.25, 0.3) is 0 Å². The zero-order valence-electron chi connectivity index (χ0n) is 12.4. The molecule has 21 heavy (non-hydrogen) atoms. The normalized spacial score (nSPS) is 28.5. The number of fused-ring (bicyclic) bond motifs is 1. The Hall–Kier alpha value is -1.49. The molecule has 2 aliphatic rings. The quantitative estimate of drug-likeness (QED) is 0.929. The number of rotatable bonds is 3. The molecule has 1 fully saturated rings. The number of piperazine rings is 1. The molecule has 0 spiro atoms. The van der Waals surface area contributed by atoms with Crippen LogP contribution in [-0.4, -0.2) is 41.1 Å². The Morgan fingerprint density at radius 3 is 2.90 bits per heavy atom. The van der Waals surface area contributed by atoms with Crippen molar-refractivity contribution in [3.05, 3.63) is 29.8 Å². The SMILES string of the molecule is CCC1(C)C(=O)NCC(=O)N1CC1CSc2ccccc21. The molecule has 1 saturated heterocycles. The highest BCUT2D eigenvalue weighted by Gasteiger charge is 2.45. The Balaban J connectivity index is 1.86. The summed E-state index contributed by atoms with van der Waals surface area (Å²) in [4.78, 5) is 27.6. The van der Waals surface area contributed by atoms with E-state index in [2.05, 4.69) is 17.4 Å². The average molecular weight is 304 g/mol. The largest absolute Gasteiger partial charge is 0.345 e. The van der Waals surface area contributed by atoms with Crippen LogP contribution in [-0.2, 0) is 9.59 Å². The van der Waals surface area contributed by atoms with Gasteiger partial charge in [-0.3, -0.25) is 9.59 Å². The van der Waals surface area contributed by atoms with Crippen LogP contribution >= 0.6 is 11.8 Å². The van der Waals surface area contributed by atoms with E-state index >= 15 is 0 Å². The van der Waals surface area contributed by atoms with Crippen molar-refractivity contribution < 1.29 is 9.59 Å². The summed E-state index contributed by atoms with van der Waals surface area (Å²) in [5.41, 5.74) is 0.581. The van der Waals surface area contributed by atoms with Crippen molar-refractivity contribution in [3.63, 3.8) is 0 Å². The van der Waals surface area contributed by atoms with Crippen LogP contribution < -0.4 is 5.32 Å². The van der Waals surface area contributed by atoms with Crippen LogP contribution in [0.2, 0.25) is 0 Å². The molecule has 2 amide bonds. The highest BCUT2D eigenvalue weighted by molar-refractivity contribution is 7.99. The summed E-state index contributed by atoms with van der Waals surface area (Å²) in [6, 6.07) is 8.35. The fourth-order valence-corrected chi connectivity index (χ4v) is 4.34. The van der Waals surface area contributed by atoms with Crippen LogP contribution in [0.3, 0.4) is 0 Å². The highest BCUT2D eigenvalue weighted by atomic mass is 32.2. The third-order valence-electron chi connectivity index (χ3n) is 4.68. The number of amides is 2. The Kier molecular flexibility index (Phi) is 3.69. The van der Waals surface area contributed by atoms with Crippen molar-refractivity contribution in [3.8, 4) is 0 Å². The van der Waals surface area contributed by atoms with E-state index in [0.29, 0.717) is 18.9 Å². The maximum Gasteiger partial charge on any atom is 0.246 e. The van der Waals surface area contributed by atoms with Crippen molar-refractivity contribution in [1.29, 1.82) is 0 Å². The molecule has 2 unspecified atom stereocenters. The van der Waals surface area contributed by atoms with Gasteiger partial charge in [-0.15, -0.1) is 11.8 Å². The molecule has 2 atom stereocenters. The van der Waals surface area contributed by atoms with Crippen molar-refractivity contribution in [2.24, 2.45) is 0 Å². The molecule has 2 aliphatic heterocycles. The zero-order chi connectivity index (χ0) is 15.0. The van der Waals surface area contributed by atoms with E-state index in [9.17, 15) is 9.59 Å². The van der Waals surface area contributed by atoms with Crippen molar-refractivity contribution in [2.75, 3.05) is 18.8 Å². The minimum Gasteiger partial charge on any atom is -0.345 e. The van der Waals surface area contributed by atoms with Crippen LogP contribution in [0.15, 0.2) is 29.2 Å². The molecular weight excluding hydrogens is 284 g/mol. The van der Waals surface area contributed by atoms with E-state index in [1.165, 1.54) is 10.5 Å². The maximum absolute atomic E-state index is 12.3. The zero-order valence-corrected chi connectivity index (χ0v) is 13.2. The second kappa shape index (κ2) is 5.37. The lowest BCUT2D eigenvalue weighted by molar-refractivity contribution is -0.153. The summed E-state index contributed by atoms with van der Waals surface area (Å²) in [5.74, 6) is 1.27. The smallest absolute Gasteiger partial charge is 0.246 e. The Morgan fingerprint density at radius 2 is 2.14 bits per heavy atom. The molecule has 0 bridgehead atoms. The minimum atomic E-state index is -0.725. The fourth-order valence-electron chi connectivity index (χ4n) is 3.10. The first-order chi connectivity index (χ1) is 10.1. The van der Waals surface area contributed by atoms with Crippen molar-refractivity contribution >= 4 is 23.6 Å². The lowest BCUT2D eigenvalue weighted by Crippen LogP contribution is -2.66. The predicted molar refractivity (Wildman–Crippen MR) is 83.3 cm³/mol. The van der Waals surface area contributed by atoms with Gasteiger partial charge in [0.05, 0.1) is 6.54 Å². The Bertz CT molecular complexity index is 589. The van der Waals surface area contributed by atoms with Crippen molar-refractivity contribution in [1.82, 2.24) is 10.2 Å². The van der Waals surface area contributed by atoms with Crippen LogP contribution in [0.4, 0.5) is 0 Å². The van der Waals surface area contributed by atoms with Crippen LogP contribution in [0, 0.1) is 0 Å². The van der Waals surface area contributed by atoms with Crippen LogP contribution in [0.1, 0.15) is 31.7 Å². The first-order valence-electron chi connectivity index (χ1n) is 7.36. The molecule has 0 aliphatic carbocycles. The Morgan fingerprint density at radius 1 is 1.38 bits per heavy atom. The second-order valence-electron chi connectivity index (χ2n) is 5.86. The second-order valence-corrected chi connectivity index (χ2v) is 6.92. The van der Waals surface area contributed by atoms with Crippen molar-refractivity contribution in [2.45, 2.75) is 36.6 Å². The standard InChI is InChI=1S/C16H20N2O2S/c1-3-16(2)15(20)17-8-14(19)18(16)9-11-10-21-13-7-5-4-6-12(11)13/h4-7,11H,3,8-10H2,1-2H3,(H,17,20). The van der Waals surface area contributed by atoms with Gasteiger partial charge >= 0.3 is 0 Å². The van der Waals surface area contributed by atoms with Crippen LogP contribution in [0.25, 0.3) is 0 Å². The van der Waals surface area contributed by atoms with Gasteiger partial charge in [-0.05, 0) is 25.0 Å². The summed E-state index contributed by atoms with van der Waals surface area (Å²) in [7, 11) is 0. The lowest BCUT2D eigenvalue weighted by atomic mass is 9.90. The van der Waals surface area contributed by atoms with E-state index in [1.54, 1.807) is 4.90 Å². The van der Waals surface area contributed by atoms with Gasteiger partial charge in [0.2, 0.25) is 11.8 Å². The van der Waals surface area contributed by atoms with Crippen LogP contribution in [0.5, 0.6) is 0 Å². The molecule has 1 N–H and O–H groups in total. The summed E-state index contributed by atoms with van der Waals surface area (Å²) in [6.07, 6.45) is 0.631. The number of thioether (sulfide) groups is 1. The number of benzene rings is 1. The molecule has 0 radical (unpaired) electrons. The first kappa shape index (κ1) is 14.4. The Labute approximate surface area is 129 Å². The molecule has 0 saturated carbocycles. The number of carbonyl (C=O) groups excluding carboxylic acids is 2. The van der Waals surface area contributed by atoms with E-state index in [0.717, 1.165) is 5.75 Å². The fraction of sp³-hybridized carbons (Fsp3) is 0.500. The monoisotopic (exact) mass is 304 g/mol. The third-order valence-corrected chi connectivity index (χ3v) is 5.93. The molecule has 5 heteroatoms. The van der Waals surface area contributed by atoms with E-state index in [4.69, 9.17) is 0 Å². The van der Waals surface area contributed by atoms with Gasteiger partial charge in [0, 0.05) is 23.1 Å². The molecule has 1 aromatic rings. The summed E-state index contributed by atoms with van der Waals surface area (Å²) in [5, 5.41) is 2.71. The molecule has 0 aromatic heterocycles. The van der Waals surface area contributed by atoms with E-state index in [1.807, 2.05) is 37.7 Å². The number of nitrogens with one attached hydrogen (secondary N) is 1. The number of nitrogens with zero attached hydrogens (tertiary/aromatic N) is 1. The highest BCUT2D eigenvalue weighted by Crippen LogP contribution is 2.40. The van der Waals surface area contributed by atoms with Gasteiger partial charge in [-0.1, -0.05) is 25.1 Å². The maximum atomic E-state index is 12.3. The summed E-state index contributed by atoms with van der Waals surface area (Å²) >= 11 is 1.84. The molecule has 1 aromatic carbocycles. The molecule has 112 valence electrons. The molecular formula is C16H20N2O2S. The summed E-state index contributed by atoms with van der Waals surface area (Å²) in [6.45, 7) is 4.58. The predicted octanol–water partition coefficient (Wildman–Crippen LogP) is 2.00. The van der Waals surface area contributed by atoms with Gasteiger partial charge < -0.3 is 10.2 Å². The third kappa shape index (κ3) is 2.33. The van der Waals surface area contributed by atoms with E-state index in [-0.39, 0.29) is 18.4 Å². The molecule has 3 rings (SSSR count). The van der Waals surface area contributed by atoms with Gasteiger partial charge in [-0.25, -0.2) is 0 Å². The minimum absolute atomic E-state index is 0.0216. The molecule has 4 nitrogen and oxygen atoms in total. The lowest BCUT2D eigenvalue weighted by Gasteiger charge is -2.44. The number of hydrogen-bond acceptors (Lipinski definition) is 3. The first-order valence-corrected chi connectivity index (χ1v) is 8.35. The number of hydrogen-bond donors (Lipinski definition) is 1. The number of carbonyl (C=O) groups is 2.